The Balaban J connectivity index is 2.33. The Labute approximate surface area is 94.1 Å². The van der Waals surface area contributed by atoms with Crippen molar-refractivity contribution in [3.63, 3.8) is 0 Å². The molecule has 8 nitrogen and oxygen atoms in total. The molecule has 17 heavy (non-hydrogen) atoms. The molecule has 2 rings (SSSR count). The highest BCUT2D eigenvalue weighted by Crippen LogP contribution is 2.17. The molecule has 8 heteroatoms. The fraction of sp³-hybridized carbons (Fsp3) is 0. The van der Waals surface area contributed by atoms with E-state index in [9.17, 15) is 14.9 Å². The lowest BCUT2D eigenvalue weighted by atomic mass is 10.2. The van der Waals surface area contributed by atoms with E-state index in [1.54, 1.807) is 0 Å². The van der Waals surface area contributed by atoms with Crippen molar-refractivity contribution >= 4 is 11.7 Å². The van der Waals surface area contributed by atoms with Crippen LogP contribution in [-0.4, -0.2) is 31.2 Å². The largest absolute Gasteiger partial charge is 0.477 e. The smallest absolute Gasteiger partial charge is 0.353 e. The Hall–Kier alpha value is -2.77. The molecule has 2 aromatic rings. The summed E-state index contributed by atoms with van der Waals surface area (Å²) < 4.78 is 0. The van der Waals surface area contributed by atoms with Crippen LogP contribution in [0.1, 0.15) is 10.5 Å². The molecule has 0 radical (unpaired) electrons. The summed E-state index contributed by atoms with van der Waals surface area (Å²) in [6.45, 7) is 0. The minimum atomic E-state index is -1.13. The van der Waals surface area contributed by atoms with Crippen molar-refractivity contribution in [3.05, 3.63) is 40.2 Å². The van der Waals surface area contributed by atoms with Crippen LogP contribution in [0.5, 0.6) is 0 Å². The second-order valence-electron chi connectivity index (χ2n) is 3.13. The molecule has 0 bridgehead atoms. The Kier molecular flexibility index (Phi) is 2.53. The van der Waals surface area contributed by atoms with Gasteiger partial charge in [-0.15, -0.1) is 0 Å². The molecule has 2 N–H and O–H groups in total. The van der Waals surface area contributed by atoms with Crippen LogP contribution >= 0.6 is 0 Å². The fourth-order valence-electron chi connectivity index (χ4n) is 1.21. The molecule has 0 atom stereocenters. The highest BCUT2D eigenvalue weighted by atomic mass is 16.6. The predicted molar refractivity (Wildman–Crippen MR) is 55.4 cm³/mol. The van der Waals surface area contributed by atoms with E-state index in [0.29, 0.717) is 11.4 Å². The first-order valence-electron chi connectivity index (χ1n) is 4.47. The van der Waals surface area contributed by atoms with Gasteiger partial charge in [0.05, 0.1) is 10.6 Å². The number of rotatable bonds is 3. The van der Waals surface area contributed by atoms with Gasteiger partial charge in [0, 0.05) is 12.1 Å². The summed E-state index contributed by atoms with van der Waals surface area (Å²) in [5.41, 5.74) is 0.472. The van der Waals surface area contributed by atoms with E-state index in [1.165, 1.54) is 18.2 Å². The number of pyridine rings is 1. The summed E-state index contributed by atoms with van der Waals surface area (Å²) in [5.74, 6) is -1.13. The van der Waals surface area contributed by atoms with Gasteiger partial charge in [-0.2, -0.15) is 5.10 Å². The average Bonchev–Trinajstić information content (AvgIpc) is 2.78. The molecule has 0 aliphatic rings. The number of H-pyrrole nitrogens is 1. The van der Waals surface area contributed by atoms with Crippen molar-refractivity contribution in [2.45, 2.75) is 0 Å². The van der Waals surface area contributed by atoms with Crippen molar-refractivity contribution in [1.29, 1.82) is 0 Å². The van der Waals surface area contributed by atoms with Crippen LogP contribution in [-0.2, 0) is 0 Å². The summed E-state index contributed by atoms with van der Waals surface area (Å²) in [6.07, 6.45) is 1.09. The number of hydrogen-bond acceptors (Lipinski definition) is 5. The molecule has 0 amide bonds. The van der Waals surface area contributed by atoms with E-state index in [0.717, 1.165) is 6.20 Å². The van der Waals surface area contributed by atoms with Crippen LogP contribution in [0.2, 0.25) is 0 Å². The number of aromatic carboxylic acids is 1. The van der Waals surface area contributed by atoms with Crippen LogP contribution in [0.15, 0.2) is 24.4 Å². The Morgan fingerprint density at radius 2 is 2.18 bits per heavy atom. The number of aromatic nitrogens is 3. The lowest BCUT2D eigenvalue weighted by Crippen LogP contribution is -1.95. The molecule has 0 spiro atoms. The van der Waals surface area contributed by atoms with Crippen LogP contribution in [0.3, 0.4) is 0 Å². The van der Waals surface area contributed by atoms with Gasteiger partial charge >= 0.3 is 5.97 Å². The molecule has 0 saturated heterocycles. The van der Waals surface area contributed by atoms with E-state index >= 15 is 0 Å². The quantitative estimate of drug-likeness (QED) is 0.605. The molecule has 86 valence electrons. The molecule has 2 heterocycles. The molecule has 0 unspecified atom stereocenters. The maximum absolute atomic E-state index is 10.6. The molecule has 0 aromatic carbocycles. The predicted octanol–water partition coefficient (Wildman–Crippen LogP) is 1.08. The third kappa shape index (κ3) is 2.09. The fourth-order valence-corrected chi connectivity index (χ4v) is 1.21. The molecule has 0 aliphatic carbocycles. The summed E-state index contributed by atoms with van der Waals surface area (Å²) in [7, 11) is 0. The van der Waals surface area contributed by atoms with E-state index in [-0.39, 0.29) is 11.4 Å². The molecular weight excluding hydrogens is 228 g/mol. The lowest BCUT2D eigenvalue weighted by molar-refractivity contribution is -0.385. The maximum Gasteiger partial charge on any atom is 0.353 e. The van der Waals surface area contributed by atoms with Gasteiger partial charge in [0.1, 0.15) is 17.6 Å². The third-order valence-electron chi connectivity index (χ3n) is 2.03. The van der Waals surface area contributed by atoms with Gasteiger partial charge in [-0.1, -0.05) is 0 Å². The third-order valence-corrected chi connectivity index (χ3v) is 2.03. The summed E-state index contributed by atoms with van der Waals surface area (Å²) in [4.78, 5) is 24.3. The van der Waals surface area contributed by atoms with Crippen LogP contribution < -0.4 is 0 Å². The highest BCUT2D eigenvalue weighted by Gasteiger charge is 2.11. The van der Waals surface area contributed by atoms with Gasteiger partial charge in [-0.25, -0.2) is 9.78 Å². The van der Waals surface area contributed by atoms with E-state index in [2.05, 4.69) is 15.2 Å². The Morgan fingerprint density at radius 1 is 1.41 bits per heavy atom. The van der Waals surface area contributed by atoms with Gasteiger partial charge in [0.2, 0.25) is 0 Å². The standard InChI is InChI=1S/C9H6N4O4/c14-9(15)8-3-7(11-12-8)6-2-1-5(4-10-6)13(16)17/h1-4H,(H,11,12)(H,14,15). The maximum atomic E-state index is 10.6. The number of hydrogen-bond donors (Lipinski definition) is 2. The first kappa shape index (κ1) is 10.7. The Morgan fingerprint density at radius 3 is 2.65 bits per heavy atom. The van der Waals surface area contributed by atoms with Crippen molar-refractivity contribution in [1.82, 2.24) is 15.2 Å². The zero-order valence-corrected chi connectivity index (χ0v) is 8.32. The van der Waals surface area contributed by atoms with Crippen LogP contribution in [0, 0.1) is 10.1 Å². The SMILES string of the molecule is O=C(O)c1cc(-c2ccc([N+](=O)[O-])cn2)n[nH]1. The summed E-state index contributed by atoms with van der Waals surface area (Å²) in [6, 6.07) is 3.98. The highest BCUT2D eigenvalue weighted by molar-refractivity contribution is 5.86. The summed E-state index contributed by atoms with van der Waals surface area (Å²) >= 11 is 0. The van der Waals surface area contributed by atoms with Gasteiger partial charge in [0.25, 0.3) is 5.69 Å². The monoisotopic (exact) mass is 234 g/mol. The molecular formula is C9H6N4O4. The number of carboxylic acids is 1. The lowest BCUT2D eigenvalue weighted by Gasteiger charge is -1.94. The zero-order valence-electron chi connectivity index (χ0n) is 8.32. The van der Waals surface area contributed by atoms with Crippen LogP contribution in [0.25, 0.3) is 11.4 Å². The number of carbonyl (C=O) groups is 1. The number of carboxylic acid groups (broad SMARTS) is 1. The Bertz CT molecular complexity index is 575. The second-order valence-corrected chi connectivity index (χ2v) is 3.13. The van der Waals surface area contributed by atoms with Crippen LogP contribution in [0.4, 0.5) is 5.69 Å². The van der Waals surface area contributed by atoms with Gasteiger partial charge < -0.3 is 5.11 Å². The first-order chi connectivity index (χ1) is 8.08. The molecule has 0 aliphatic heterocycles. The van der Waals surface area contributed by atoms with Gasteiger partial charge in [-0.3, -0.25) is 15.2 Å². The van der Waals surface area contributed by atoms with Gasteiger partial charge in [-0.05, 0) is 6.07 Å². The topological polar surface area (TPSA) is 122 Å². The second kappa shape index (κ2) is 4.00. The minimum absolute atomic E-state index is 0.0693. The minimum Gasteiger partial charge on any atom is -0.477 e. The van der Waals surface area contributed by atoms with E-state index < -0.39 is 10.9 Å². The molecule has 2 aromatic heterocycles. The van der Waals surface area contributed by atoms with E-state index in [1.807, 2.05) is 0 Å². The van der Waals surface area contributed by atoms with Crippen molar-refractivity contribution < 1.29 is 14.8 Å². The average molecular weight is 234 g/mol. The van der Waals surface area contributed by atoms with Crippen molar-refractivity contribution in [2.24, 2.45) is 0 Å². The molecule has 0 fully saturated rings. The zero-order chi connectivity index (χ0) is 12.4. The van der Waals surface area contributed by atoms with Gasteiger partial charge in [0.15, 0.2) is 0 Å². The summed E-state index contributed by atoms with van der Waals surface area (Å²) in [5, 5.41) is 25.2. The number of nitro groups is 1. The van der Waals surface area contributed by atoms with E-state index in [4.69, 9.17) is 5.11 Å². The number of nitrogens with one attached hydrogen (secondary N) is 1. The molecule has 0 saturated carbocycles. The number of nitrogens with zero attached hydrogens (tertiary/aromatic N) is 3. The first-order valence-corrected chi connectivity index (χ1v) is 4.47. The van der Waals surface area contributed by atoms with Crippen molar-refractivity contribution in [2.75, 3.05) is 0 Å². The normalized spacial score (nSPS) is 10.1. The number of aromatic amines is 1. The van der Waals surface area contributed by atoms with Crippen molar-refractivity contribution in [3.8, 4) is 11.4 Å².